The smallest absolute Gasteiger partial charge is 0.335 e. The minimum absolute atomic E-state index is 0.0172. The summed E-state index contributed by atoms with van der Waals surface area (Å²) in [5, 5.41) is 11.4. The molecule has 5 nitrogen and oxygen atoms in total. The van der Waals surface area contributed by atoms with Crippen LogP contribution in [-0.4, -0.2) is 37.1 Å². The summed E-state index contributed by atoms with van der Waals surface area (Å²) in [6.45, 7) is 2.53. The lowest BCUT2D eigenvalue weighted by atomic mass is 10.2. The van der Waals surface area contributed by atoms with Crippen molar-refractivity contribution in [2.75, 3.05) is 25.0 Å². The molecule has 0 saturated heterocycles. The van der Waals surface area contributed by atoms with Gasteiger partial charge in [-0.1, -0.05) is 6.92 Å². The Kier molecular flexibility index (Phi) is 5.29. The molecule has 0 radical (unpaired) electrons. The molecule has 0 spiro atoms. The number of amides is 1. The van der Waals surface area contributed by atoms with Crippen molar-refractivity contribution >= 4 is 17.6 Å². The highest BCUT2D eigenvalue weighted by molar-refractivity contribution is 5.88. The molecule has 0 aliphatic rings. The fourth-order valence-electron chi connectivity index (χ4n) is 1.57. The second-order valence-electron chi connectivity index (χ2n) is 4.18. The number of nitrogens with one attached hydrogen (secondary N) is 1. The minimum Gasteiger partial charge on any atom is -0.478 e. The monoisotopic (exact) mass is 268 g/mol. The van der Waals surface area contributed by atoms with Crippen molar-refractivity contribution < 1.29 is 19.1 Å². The second kappa shape index (κ2) is 6.72. The average molecular weight is 268 g/mol. The van der Waals surface area contributed by atoms with Gasteiger partial charge < -0.3 is 15.3 Å². The third kappa shape index (κ3) is 4.24. The predicted molar refractivity (Wildman–Crippen MR) is 69.9 cm³/mol. The number of carboxylic acids is 1. The van der Waals surface area contributed by atoms with Gasteiger partial charge >= 0.3 is 5.97 Å². The summed E-state index contributed by atoms with van der Waals surface area (Å²) < 4.78 is 13.7. The maximum Gasteiger partial charge on any atom is 0.335 e. The molecule has 19 heavy (non-hydrogen) atoms. The van der Waals surface area contributed by atoms with Crippen LogP contribution in [0.25, 0.3) is 0 Å². The number of hydrogen-bond acceptors (Lipinski definition) is 3. The van der Waals surface area contributed by atoms with E-state index in [-0.39, 0.29) is 23.7 Å². The molecular weight excluding hydrogens is 251 g/mol. The number of rotatable bonds is 6. The Labute approximate surface area is 111 Å². The molecule has 6 heteroatoms. The Morgan fingerprint density at radius 2 is 2.11 bits per heavy atom. The number of halogens is 1. The van der Waals surface area contributed by atoms with Crippen LogP contribution in [-0.2, 0) is 4.79 Å². The van der Waals surface area contributed by atoms with Gasteiger partial charge in [0.05, 0.1) is 17.8 Å². The van der Waals surface area contributed by atoms with E-state index in [1.165, 1.54) is 17.0 Å². The van der Waals surface area contributed by atoms with E-state index in [4.69, 9.17) is 5.11 Å². The molecule has 0 aliphatic heterocycles. The minimum atomic E-state index is -1.19. The van der Waals surface area contributed by atoms with Gasteiger partial charge in [0.15, 0.2) is 0 Å². The van der Waals surface area contributed by atoms with Crippen molar-refractivity contribution in [3.05, 3.63) is 29.6 Å². The number of carboxylic acid groups (broad SMARTS) is 1. The van der Waals surface area contributed by atoms with Crippen LogP contribution < -0.4 is 10.2 Å². The molecule has 1 rings (SSSR count). The highest BCUT2D eigenvalue weighted by Crippen LogP contribution is 2.19. The van der Waals surface area contributed by atoms with Gasteiger partial charge in [0.1, 0.15) is 5.82 Å². The number of carbonyl (C=O) groups excluding carboxylic acids is 1. The number of aromatic carboxylic acids is 1. The maximum atomic E-state index is 13.7. The zero-order valence-electron chi connectivity index (χ0n) is 10.9. The van der Waals surface area contributed by atoms with Gasteiger partial charge in [-0.3, -0.25) is 4.79 Å². The average Bonchev–Trinajstić information content (AvgIpc) is 2.35. The van der Waals surface area contributed by atoms with Crippen molar-refractivity contribution in [2.45, 2.75) is 13.3 Å². The number of nitrogens with zero attached hydrogens (tertiary/aromatic N) is 1. The van der Waals surface area contributed by atoms with E-state index < -0.39 is 11.8 Å². The van der Waals surface area contributed by atoms with Gasteiger partial charge in [0.25, 0.3) is 0 Å². The van der Waals surface area contributed by atoms with Crippen molar-refractivity contribution in [3.8, 4) is 0 Å². The summed E-state index contributed by atoms with van der Waals surface area (Å²) in [5.74, 6) is -2.05. The Hall–Kier alpha value is -2.11. The lowest BCUT2D eigenvalue weighted by Crippen LogP contribution is -2.35. The van der Waals surface area contributed by atoms with E-state index in [1.807, 2.05) is 6.92 Å². The molecule has 0 aliphatic carbocycles. The molecule has 0 aromatic heterocycles. The van der Waals surface area contributed by atoms with Crippen LogP contribution in [0, 0.1) is 5.82 Å². The molecule has 2 N–H and O–H groups in total. The van der Waals surface area contributed by atoms with Crippen molar-refractivity contribution in [1.82, 2.24) is 5.32 Å². The first-order valence-electron chi connectivity index (χ1n) is 5.96. The number of benzene rings is 1. The molecule has 1 aromatic carbocycles. The lowest BCUT2D eigenvalue weighted by molar-refractivity contribution is -0.119. The van der Waals surface area contributed by atoms with Gasteiger partial charge in [-0.15, -0.1) is 0 Å². The van der Waals surface area contributed by atoms with Crippen LogP contribution in [0.3, 0.4) is 0 Å². The Morgan fingerprint density at radius 3 is 2.63 bits per heavy atom. The quantitative estimate of drug-likeness (QED) is 0.820. The Balaban J connectivity index is 2.74. The van der Waals surface area contributed by atoms with Crippen LogP contribution in [0.2, 0.25) is 0 Å². The first-order chi connectivity index (χ1) is 8.95. The number of likely N-dealkylation sites (N-methyl/N-ethyl adjacent to an activating group) is 1. The molecule has 0 atom stereocenters. The predicted octanol–water partition coefficient (Wildman–Crippen LogP) is 1.49. The highest BCUT2D eigenvalue weighted by Gasteiger charge is 2.13. The SMILES string of the molecule is CCCNC(=O)CN(C)c1ccc(C(=O)O)cc1F. The lowest BCUT2D eigenvalue weighted by Gasteiger charge is -2.19. The van der Waals surface area contributed by atoms with Gasteiger partial charge in [-0.25, -0.2) is 9.18 Å². The fraction of sp³-hybridized carbons (Fsp3) is 0.385. The summed E-state index contributed by atoms with van der Waals surface area (Å²) >= 11 is 0. The first kappa shape index (κ1) is 14.9. The summed E-state index contributed by atoms with van der Waals surface area (Å²) in [6.07, 6.45) is 0.830. The van der Waals surface area contributed by atoms with Gasteiger partial charge in [-0.05, 0) is 24.6 Å². The number of carbonyl (C=O) groups is 2. The van der Waals surface area contributed by atoms with E-state index in [0.717, 1.165) is 12.5 Å². The van der Waals surface area contributed by atoms with Crippen molar-refractivity contribution in [1.29, 1.82) is 0 Å². The molecule has 0 bridgehead atoms. The van der Waals surface area contributed by atoms with Crippen LogP contribution in [0.5, 0.6) is 0 Å². The van der Waals surface area contributed by atoms with Gasteiger partial charge in [0.2, 0.25) is 5.91 Å². The summed E-state index contributed by atoms with van der Waals surface area (Å²) in [6, 6.07) is 3.60. The zero-order valence-corrected chi connectivity index (χ0v) is 10.9. The molecule has 104 valence electrons. The molecule has 1 amide bonds. The van der Waals surface area contributed by atoms with Crippen LogP contribution >= 0.6 is 0 Å². The van der Waals surface area contributed by atoms with E-state index in [9.17, 15) is 14.0 Å². The molecule has 1 aromatic rings. The zero-order chi connectivity index (χ0) is 14.4. The maximum absolute atomic E-state index is 13.7. The number of anilines is 1. The Bertz CT molecular complexity index is 477. The fourth-order valence-corrected chi connectivity index (χ4v) is 1.57. The molecular formula is C13H17FN2O3. The van der Waals surface area contributed by atoms with E-state index in [1.54, 1.807) is 7.05 Å². The normalized spacial score (nSPS) is 10.1. The summed E-state index contributed by atoms with van der Waals surface area (Å²) in [5.41, 5.74) is 0.0710. The van der Waals surface area contributed by atoms with Crippen LogP contribution in [0.15, 0.2) is 18.2 Å². The standard InChI is InChI=1S/C13H17FN2O3/c1-3-6-15-12(17)8-16(2)11-5-4-9(13(18)19)7-10(11)14/h4-5,7H,3,6,8H2,1-2H3,(H,15,17)(H,18,19). The molecule has 0 fully saturated rings. The molecule has 0 unspecified atom stereocenters. The van der Waals surface area contributed by atoms with E-state index >= 15 is 0 Å². The molecule has 0 heterocycles. The van der Waals surface area contributed by atoms with Crippen LogP contribution in [0.1, 0.15) is 23.7 Å². The third-order valence-electron chi connectivity index (χ3n) is 2.56. The van der Waals surface area contributed by atoms with Crippen molar-refractivity contribution in [3.63, 3.8) is 0 Å². The number of hydrogen-bond donors (Lipinski definition) is 2. The Morgan fingerprint density at radius 1 is 1.42 bits per heavy atom. The van der Waals surface area contributed by atoms with E-state index in [2.05, 4.69) is 5.32 Å². The van der Waals surface area contributed by atoms with E-state index in [0.29, 0.717) is 6.54 Å². The van der Waals surface area contributed by atoms with Crippen molar-refractivity contribution in [2.24, 2.45) is 0 Å². The highest BCUT2D eigenvalue weighted by atomic mass is 19.1. The largest absolute Gasteiger partial charge is 0.478 e. The summed E-state index contributed by atoms with van der Waals surface area (Å²) in [4.78, 5) is 23.6. The van der Waals surface area contributed by atoms with Gasteiger partial charge in [-0.2, -0.15) is 0 Å². The second-order valence-corrected chi connectivity index (χ2v) is 4.18. The third-order valence-corrected chi connectivity index (χ3v) is 2.56. The topological polar surface area (TPSA) is 69.6 Å². The first-order valence-corrected chi connectivity index (χ1v) is 5.96. The summed E-state index contributed by atoms with van der Waals surface area (Å²) in [7, 11) is 1.57. The van der Waals surface area contributed by atoms with Crippen LogP contribution in [0.4, 0.5) is 10.1 Å². The van der Waals surface area contributed by atoms with Gasteiger partial charge in [0, 0.05) is 13.6 Å². The molecule has 0 saturated carbocycles.